The van der Waals surface area contributed by atoms with Gasteiger partial charge in [-0.1, -0.05) is 18.2 Å². The average molecular weight is 391 g/mol. The van der Waals surface area contributed by atoms with Crippen molar-refractivity contribution in [2.45, 2.75) is 18.5 Å². The van der Waals surface area contributed by atoms with Crippen molar-refractivity contribution in [1.29, 1.82) is 0 Å². The van der Waals surface area contributed by atoms with E-state index in [0.717, 1.165) is 14.2 Å². The van der Waals surface area contributed by atoms with Gasteiger partial charge in [-0.15, -0.1) is 0 Å². The summed E-state index contributed by atoms with van der Waals surface area (Å²) in [5.41, 5.74) is -1.77. The summed E-state index contributed by atoms with van der Waals surface area (Å²) < 4.78 is 26.4. The Hall–Kier alpha value is -2.75. The highest BCUT2D eigenvalue weighted by atomic mass is 16.9. The van der Waals surface area contributed by atoms with Crippen LogP contribution in [0.4, 0.5) is 5.69 Å². The number of amides is 1. The number of hydrogen-bond acceptors (Lipinski definition) is 8. The van der Waals surface area contributed by atoms with Gasteiger partial charge in [-0.3, -0.25) is 9.53 Å². The first-order valence-electron chi connectivity index (χ1n) is 8.52. The van der Waals surface area contributed by atoms with Crippen molar-refractivity contribution in [3.63, 3.8) is 0 Å². The number of carbonyl (C=O) groups excluding carboxylic acids is 3. The average Bonchev–Trinajstić information content (AvgIpc) is 3.17. The minimum Gasteiger partial charge on any atom is -0.466 e. The van der Waals surface area contributed by atoms with E-state index >= 15 is 0 Å². The molecule has 0 bridgehead atoms. The van der Waals surface area contributed by atoms with Gasteiger partial charge in [0.25, 0.3) is 5.91 Å². The number of fused-ring (bicyclic) bond motifs is 2. The monoisotopic (exact) mass is 391 g/mol. The Morgan fingerprint density at radius 1 is 1.00 bits per heavy atom. The van der Waals surface area contributed by atoms with Gasteiger partial charge in [0.2, 0.25) is 5.60 Å². The maximum Gasteiger partial charge on any atom is 0.342 e. The molecule has 28 heavy (non-hydrogen) atoms. The summed E-state index contributed by atoms with van der Waals surface area (Å²) >= 11 is 0. The molecule has 0 saturated carbocycles. The van der Waals surface area contributed by atoms with Crippen LogP contribution in [0.3, 0.4) is 0 Å². The van der Waals surface area contributed by atoms with Crippen LogP contribution < -0.4 is 4.90 Å². The minimum atomic E-state index is -2.14. The predicted molar refractivity (Wildman–Crippen MR) is 95.0 cm³/mol. The summed E-state index contributed by atoms with van der Waals surface area (Å²) in [6.07, 6.45) is 0. The molecule has 150 valence electrons. The molecular weight excluding hydrogens is 370 g/mol. The van der Waals surface area contributed by atoms with Crippen LogP contribution >= 0.6 is 0 Å². The third-order valence-corrected chi connectivity index (χ3v) is 4.95. The number of ether oxygens (including phenoxy) is 5. The summed E-state index contributed by atoms with van der Waals surface area (Å²) in [6, 6.07) is 6.82. The number of anilines is 1. The molecule has 1 aromatic carbocycles. The second-order valence-electron chi connectivity index (χ2n) is 6.05. The molecule has 9 heteroatoms. The van der Waals surface area contributed by atoms with Crippen molar-refractivity contribution in [2.24, 2.45) is 0 Å². The molecule has 1 atom stereocenters. The first-order valence-corrected chi connectivity index (χ1v) is 8.52. The van der Waals surface area contributed by atoms with Crippen LogP contribution in [0.5, 0.6) is 0 Å². The highest BCUT2D eigenvalue weighted by molar-refractivity contribution is 6.17. The maximum atomic E-state index is 13.5. The number of methoxy groups -OCH3 is 4. The van der Waals surface area contributed by atoms with E-state index in [1.807, 2.05) is 0 Å². The molecule has 1 aromatic rings. The standard InChI is InChI=1S/C19H21NO8/c1-6-20-12-10-8-7-9-11(12)18(17(20)23)13(15(21)24-2)14(16(22)25-3)19(26-4,27-5)28-18/h7-10H,6H2,1-5H3. The Morgan fingerprint density at radius 2 is 1.57 bits per heavy atom. The first-order chi connectivity index (χ1) is 13.4. The lowest BCUT2D eigenvalue weighted by Gasteiger charge is -2.31. The fourth-order valence-electron chi connectivity index (χ4n) is 3.76. The highest BCUT2D eigenvalue weighted by Crippen LogP contribution is 2.56. The second kappa shape index (κ2) is 7.01. The number of carbonyl (C=O) groups is 3. The number of benzene rings is 1. The van der Waals surface area contributed by atoms with E-state index in [9.17, 15) is 14.4 Å². The van der Waals surface area contributed by atoms with Crippen LogP contribution in [0.15, 0.2) is 35.4 Å². The number of nitrogens with zero attached hydrogens (tertiary/aromatic N) is 1. The van der Waals surface area contributed by atoms with E-state index < -0.39 is 29.4 Å². The topological polar surface area (TPSA) is 101 Å². The second-order valence-corrected chi connectivity index (χ2v) is 6.05. The molecule has 1 amide bonds. The molecule has 2 aliphatic rings. The zero-order chi connectivity index (χ0) is 20.7. The Bertz CT molecular complexity index is 872. The van der Waals surface area contributed by atoms with Crippen LogP contribution in [0, 0.1) is 0 Å². The van der Waals surface area contributed by atoms with Crippen LogP contribution in [0.1, 0.15) is 12.5 Å². The maximum absolute atomic E-state index is 13.5. The first kappa shape index (κ1) is 20.0. The lowest BCUT2D eigenvalue weighted by Crippen LogP contribution is -2.47. The van der Waals surface area contributed by atoms with Gasteiger partial charge in [-0.05, 0) is 13.0 Å². The van der Waals surface area contributed by atoms with Gasteiger partial charge in [0, 0.05) is 26.3 Å². The Balaban J connectivity index is 2.44. The van der Waals surface area contributed by atoms with Crippen molar-refractivity contribution in [3.05, 3.63) is 41.0 Å². The summed E-state index contributed by atoms with van der Waals surface area (Å²) in [5, 5.41) is 0. The summed E-state index contributed by atoms with van der Waals surface area (Å²) in [5.74, 6) is -4.57. The number of likely N-dealkylation sites (N-methyl/N-ethyl adjacent to an activating group) is 1. The van der Waals surface area contributed by atoms with Gasteiger partial charge in [-0.2, -0.15) is 0 Å². The molecule has 2 heterocycles. The smallest absolute Gasteiger partial charge is 0.342 e. The number of para-hydroxylation sites is 1. The molecule has 0 fully saturated rings. The van der Waals surface area contributed by atoms with E-state index in [0.29, 0.717) is 17.8 Å². The molecule has 0 saturated heterocycles. The molecule has 0 aromatic heterocycles. The zero-order valence-electron chi connectivity index (χ0n) is 16.2. The molecular formula is C19H21NO8. The van der Waals surface area contributed by atoms with E-state index in [-0.39, 0.29) is 11.1 Å². The van der Waals surface area contributed by atoms with Crippen molar-refractivity contribution >= 4 is 23.5 Å². The van der Waals surface area contributed by atoms with Crippen molar-refractivity contribution in [1.82, 2.24) is 0 Å². The number of esters is 2. The molecule has 2 aliphatic heterocycles. The zero-order valence-corrected chi connectivity index (χ0v) is 16.2. The largest absolute Gasteiger partial charge is 0.466 e. The van der Waals surface area contributed by atoms with Crippen molar-refractivity contribution in [2.75, 3.05) is 39.9 Å². The Kier molecular flexibility index (Phi) is 5.00. The molecule has 1 spiro atoms. The van der Waals surface area contributed by atoms with Crippen LogP contribution in [0.2, 0.25) is 0 Å². The van der Waals surface area contributed by atoms with E-state index in [4.69, 9.17) is 23.7 Å². The van der Waals surface area contributed by atoms with E-state index in [2.05, 4.69) is 0 Å². The van der Waals surface area contributed by atoms with Gasteiger partial charge in [0.05, 0.1) is 19.9 Å². The van der Waals surface area contributed by atoms with Crippen LogP contribution in [-0.4, -0.2) is 58.8 Å². The third kappa shape index (κ3) is 2.33. The van der Waals surface area contributed by atoms with Gasteiger partial charge >= 0.3 is 17.9 Å². The van der Waals surface area contributed by atoms with Gasteiger partial charge in [-0.25, -0.2) is 9.59 Å². The molecule has 3 rings (SSSR count). The number of hydrogen-bond donors (Lipinski definition) is 0. The van der Waals surface area contributed by atoms with E-state index in [1.165, 1.54) is 19.1 Å². The Labute approximate surface area is 161 Å². The molecule has 9 nitrogen and oxygen atoms in total. The number of rotatable bonds is 5. The SMILES string of the molecule is CCN1C(=O)C2(OC(OC)(OC)C(C(=O)OC)=C2C(=O)OC)c2ccccc21. The summed E-state index contributed by atoms with van der Waals surface area (Å²) in [7, 11) is 4.72. The van der Waals surface area contributed by atoms with Gasteiger partial charge in [0.15, 0.2) is 0 Å². The molecule has 0 aliphatic carbocycles. The summed E-state index contributed by atoms with van der Waals surface area (Å²) in [4.78, 5) is 40.4. The Morgan fingerprint density at radius 3 is 2.11 bits per heavy atom. The van der Waals surface area contributed by atoms with Crippen molar-refractivity contribution in [3.8, 4) is 0 Å². The lowest BCUT2D eigenvalue weighted by atomic mass is 9.85. The minimum absolute atomic E-state index is 0.315. The third-order valence-electron chi connectivity index (χ3n) is 4.95. The fourth-order valence-corrected chi connectivity index (χ4v) is 3.76. The predicted octanol–water partition coefficient (Wildman–Crippen LogP) is 0.868. The van der Waals surface area contributed by atoms with Crippen molar-refractivity contribution < 1.29 is 38.1 Å². The quantitative estimate of drug-likeness (QED) is 0.538. The molecule has 0 radical (unpaired) electrons. The van der Waals surface area contributed by atoms with Crippen LogP contribution in [0.25, 0.3) is 0 Å². The van der Waals surface area contributed by atoms with E-state index in [1.54, 1.807) is 31.2 Å². The summed E-state index contributed by atoms with van der Waals surface area (Å²) in [6.45, 7) is 2.10. The van der Waals surface area contributed by atoms with Crippen LogP contribution in [-0.2, 0) is 43.7 Å². The highest BCUT2D eigenvalue weighted by Gasteiger charge is 2.69. The van der Waals surface area contributed by atoms with Gasteiger partial charge in [0.1, 0.15) is 11.1 Å². The molecule has 0 N–H and O–H groups in total. The lowest BCUT2D eigenvalue weighted by molar-refractivity contribution is -0.349. The molecule has 1 unspecified atom stereocenters. The normalized spacial score (nSPS) is 22.6. The fraction of sp³-hybridized carbons (Fsp3) is 0.421. The van der Waals surface area contributed by atoms with Gasteiger partial charge < -0.3 is 23.8 Å².